The predicted molar refractivity (Wildman–Crippen MR) is 93.1 cm³/mol. The van der Waals surface area contributed by atoms with Gasteiger partial charge in [-0.25, -0.2) is 0 Å². The molecule has 124 valence electrons. The van der Waals surface area contributed by atoms with Crippen LogP contribution in [0, 0.1) is 0 Å². The maximum absolute atomic E-state index is 10.1. The molecule has 1 atom stereocenters. The molecule has 1 aliphatic heterocycles. The highest BCUT2D eigenvalue weighted by Gasteiger charge is 2.27. The van der Waals surface area contributed by atoms with Crippen LogP contribution in [-0.4, -0.2) is 30.9 Å². The van der Waals surface area contributed by atoms with Crippen LogP contribution in [0.1, 0.15) is 22.9 Å². The lowest BCUT2D eigenvalue weighted by Crippen LogP contribution is -2.30. The zero-order valence-electron chi connectivity index (χ0n) is 13.7. The molecule has 0 saturated carbocycles. The average Bonchev–Trinajstić information content (AvgIpc) is 3.00. The normalized spacial score (nSPS) is 16.8. The first-order valence-electron chi connectivity index (χ1n) is 8.00. The Morgan fingerprint density at radius 3 is 2.50 bits per heavy atom. The molecule has 2 aromatic carbocycles. The Labute approximate surface area is 140 Å². The van der Waals surface area contributed by atoms with Crippen molar-refractivity contribution in [1.29, 1.82) is 0 Å². The van der Waals surface area contributed by atoms with E-state index in [0.717, 1.165) is 29.7 Å². The van der Waals surface area contributed by atoms with E-state index in [2.05, 4.69) is 28.5 Å². The number of phenolic OH excluding ortho intramolecular Hbond substituents is 1. The molecule has 0 radical (unpaired) electrons. The van der Waals surface area contributed by atoms with Gasteiger partial charge in [-0.1, -0.05) is 18.2 Å². The summed E-state index contributed by atoms with van der Waals surface area (Å²) in [5.41, 5.74) is 4.65. The molecule has 0 bridgehead atoms. The van der Waals surface area contributed by atoms with Gasteiger partial charge in [0.1, 0.15) is 0 Å². The lowest BCUT2D eigenvalue weighted by Gasteiger charge is -2.25. The maximum atomic E-state index is 10.1. The second kappa shape index (κ2) is 5.76. The monoisotopic (exact) mass is 324 g/mol. The van der Waals surface area contributed by atoms with Gasteiger partial charge in [-0.2, -0.15) is 0 Å². The molecule has 0 saturated heterocycles. The van der Waals surface area contributed by atoms with Crippen molar-refractivity contribution >= 4 is 10.9 Å². The molecule has 3 aromatic rings. The zero-order chi connectivity index (χ0) is 16.7. The first-order chi connectivity index (χ1) is 11.7. The molecule has 5 heteroatoms. The Morgan fingerprint density at radius 1 is 1.08 bits per heavy atom. The first-order valence-corrected chi connectivity index (χ1v) is 8.00. The highest BCUT2D eigenvalue weighted by Crippen LogP contribution is 2.41. The van der Waals surface area contributed by atoms with Gasteiger partial charge in [-0.15, -0.1) is 0 Å². The maximum Gasteiger partial charge on any atom is 0.200 e. The Hall–Kier alpha value is -2.66. The van der Waals surface area contributed by atoms with Crippen molar-refractivity contribution in [3.8, 4) is 17.2 Å². The van der Waals surface area contributed by atoms with Crippen LogP contribution < -0.4 is 14.8 Å². The summed E-state index contributed by atoms with van der Waals surface area (Å²) >= 11 is 0. The Morgan fingerprint density at radius 2 is 1.79 bits per heavy atom. The lowest BCUT2D eigenvalue weighted by atomic mass is 9.94. The van der Waals surface area contributed by atoms with Crippen molar-refractivity contribution in [2.75, 3.05) is 20.8 Å². The van der Waals surface area contributed by atoms with E-state index in [1.807, 2.05) is 18.2 Å². The third-order valence-electron chi connectivity index (χ3n) is 4.69. The van der Waals surface area contributed by atoms with Gasteiger partial charge >= 0.3 is 0 Å². The molecule has 24 heavy (non-hydrogen) atoms. The number of methoxy groups -OCH3 is 2. The molecule has 4 rings (SSSR count). The van der Waals surface area contributed by atoms with Crippen LogP contribution in [0.3, 0.4) is 0 Å². The van der Waals surface area contributed by atoms with Crippen LogP contribution in [0.2, 0.25) is 0 Å². The Bertz CT molecular complexity index is 876. The van der Waals surface area contributed by atoms with E-state index in [1.54, 1.807) is 14.2 Å². The van der Waals surface area contributed by atoms with Gasteiger partial charge in [0.15, 0.2) is 11.5 Å². The summed E-state index contributed by atoms with van der Waals surface area (Å²) in [4.78, 5) is 3.55. The van der Waals surface area contributed by atoms with Crippen LogP contribution in [0.4, 0.5) is 0 Å². The van der Waals surface area contributed by atoms with Crippen LogP contribution in [0.5, 0.6) is 17.2 Å². The van der Waals surface area contributed by atoms with Crippen molar-refractivity contribution in [2.24, 2.45) is 0 Å². The number of hydrogen-bond acceptors (Lipinski definition) is 4. The molecule has 1 aliphatic rings. The minimum atomic E-state index is 0.00421. The molecular weight excluding hydrogens is 304 g/mol. The van der Waals surface area contributed by atoms with Gasteiger partial charge in [0.25, 0.3) is 0 Å². The number of rotatable bonds is 3. The molecule has 5 nitrogen and oxygen atoms in total. The molecule has 0 aliphatic carbocycles. The number of fused-ring (bicyclic) bond motifs is 3. The standard InChI is InChI=1S/C19H20N2O3/c1-23-15-9-11(10-16(24-2)19(15)22)17-18-13(7-8-20-17)12-5-3-4-6-14(12)21-18/h3-6,9-10,17,20-22H,7-8H2,1-2H3. The molecule has 0 spiro atoms. The van der Waals surface area contributed by atoms with E-state index < -0.39 is 0 Å². The summed E-state index contributed by atoms with van der Waals surface area (Å²) in [7, 11) is 3.09. The van der Waals surface area contributed by atoms with E-state index in [9.17, 15) is 5.11 Å². The van der Waals surface area contributed by atoms with Crippen molar-refractivity contribution in [3.63, 3.8) is 0 Å². The van der Waals surface area contributed by atoms with Crippen LogP contribution in [0.15, 0.2) is 36.4 Å². The molecule has 2 heterocycles. The molecular formula is C19H20N2O3. The molecule has 1 aromatic heterocycles. The summed E-state index contributed by atoms with van der Waals surface area (Å²) in [6, 6.07) is 12.1. The van der Waals surface area contributed by atoms with Gasteiger partial charge in [0.2, 0.25) is 5.75 Å². The number of phenols is 1. The second-order valence-electron chi connectivity index (χ2n) is 5.97. The van der Waals surface area contributed by atoms with Crippen molar-refractivity contribution in [3.05, 3.63) is 53.2 Å². The highest BCUT2D eigenvalue weighted by atomic mass is 16.5. The molecule has 0 amide bonds. The number of benzene rings is 2. The minimum Gasteiger partial charge on any atom is -0.502 e. The van der Waals surface area contributed by atoms with E-state index in [0.29, 0.717) is 11.5 Å². The zero-order valence-corrected chi connectivity index (χ0v) is 13.7. The SMILES string of the molecule is COc1cc(C2NCCc3c2[nH]c2ccccc32)cc(OC)c1O. The summed E-state index contributed by atoms with van der Waals surface area (Å²) in [6.45, 7) is 0.894. The molecule has 1 unspecified atom stereocenters. The number of nitrogens with one attached hydrogen (secondary N) is 2. The van der Waals surface area contributed by atoms with Crippen molar-refractivity contribution in [1.82, 2.24) is 10.3 Å². The summed E-state index contributed by atoms with van der Waals surface area (Å²) in [5, 5.41) is 15.0. The summed E-state index contributed by atoms with van der Waals surface area (Å²) < 4.78 is 10.6. The minimum absolute atomic E-state index is 0.00421. The largest absolute Gasteiger partial charge is 0.502 e. The van der Waals surface area contributed by atoms with Gasteiger partial charge < -0.3 is 24.9 Å². The third kappa shape index (κ3) is 2.20. The summed E-state index contributed by atoms with van der Waals surface area (Å²) in [6.07, 6.45) is 0.988. The Kier molecular flexibility index (Phi) is 3.58. The number of aromatic hydroxyl groups is 1. The Balaban J connectivity index is 1.87. The first kappa shape index (κ1) is 14.9. The topological polar surface area (TPSA) is 66.5 Å². The fraction of sp³-hybridized carbons (Fsp3) is 0.263. The molecule has 3 N–H and O–H groups in total. The number of ether oxygens (including phenoxy) is 2. The van der Waals surface area contributed by atoms with Crippen LogP contribution in [0.25, 0.3) is 10.9 Å². The summed E-state index contributed by atoms with van der Waals surface area (Å²) in [5.74, 6) is 0.847. The fourth-order valence-corrected chi connectivity index (χ4v) is 3.55. The van der Waals surface area contributed by atoms with Gasteiger partial charge in [0.05, 0.1) is 20.3 Å². The third-order valence-corrected chi connectivity index (χ3v) is 4.69. The lowest BCUT2D eigenvalue weighted by molar-refractivity contribution is 0.338. The van der Waals surface area contributed by atoms with Crippen molar-refractivity contribution < 1.29 is 14.6 Å². The number of aromatic nitrogens is 1. The van der Waals surface area contributed by atoms with Gasteiger partial charge in [-0.3, -0.25) is 0 Å². The van der Waals surface area contributed by atoms with E-state index in [1.165, 1.54) is 10.9 Å². The van der Waals surface area contributed by atoms with Crippen molar-refractivity contribution in [2.45, 2.75) is 12.5 Å². The quantitative estimate of drug-likeness (QED) is 0.692. The molecule has 0 fully saturated rings. The second-order valence-corrected chi connectivity index (χ2v) is 5.97. The fourth-order valence-electron chi connectivity index (χ4n) is 3.55. The van der Waals surface area contributed by atoms with E-state index in [4.69, 9.17) is 9.47 Å². The van der Waals surface area contributed by atoms with E-state index in [-0.39, 0.29) is 11.8 Å². The number of hydrogen-bond donors (Lipinski definition) is 3. The highest BCUT2D eigenvalue weighted by molar-refractivity contribution is 5.85. The van der Waals surface area contributed by atoms with Crippen LogP contribution >= 0.6 is 0 Å². The van der Waals surface area contributed by atoms with Crippen LogP contribution in [-0.2, 0) is 6.42 Å². The van der Waals surface area contributed by atoms with Gasteiger partial charge in [-0.05, 0) is 35.7 Å². The average molecular weight is 324 g/mol. The number of aromatic amines is 1. The predicted octanol–water partition coefficient (Wildman–Crippen LogP) is 3.13. The smallest absolute Gasteiger partial charge is 0.200 e. The number of H-pyrrole nitrogens is 1. The van der Waals surface area contributed by atoms with E-state index >= 15 is 0 Å². The van der Waals surface area contributed by atoms with Gasteiger partial charge in [0, 0.05) is 23.1 Å². The number of para-hydroxylation sites is 1.